The Hall–Kier alpha value is -2.37. The van der Waals surface area contributed by atoms with Crippen LogP contribution >= 0.6 is 11.6 Å². The van der Waals surface area contributed by atoms with Gasteiger partial charge in [0.1, 0.15) is 5.75 Å². The first-order chi connectivity index (χ1) is 14.1. The average molecular weight is 415 g/mol. The van der Waals surface area contributed by atoms with Gasteiger partial charge in [-0.25, -0.2) is 0 Å². The molecule has 0 radical (unpaired) electrons. The van der Waals surface area contributed by atoms with Crippen LogP contribution in [0.4, 0.5) is 5.69 Å². The Labute approximate surface area is 177 Å². The number of hydrogen-bond acceptors (Lipinski definition) is 5. The summed E-state index contributed by atoms with van der Waals surface area (Å²) in [7, 11) is 5.00. The summed E-state index contributed by atoms with van der Waals surface area (Å²) < 4.78 is 16.3. The molecule has 0 N–H and O–H groups in total. The minimum atomic E-state index is 0.246. The van der Waals surface area contributed by atoms with Gasteiger partial charge in [0.05, 0.1) is 32.4 Å². The number of benzene rings is 2. The zero-order chi connectivity index (χ0) is 20.4. The van der Waals surface area contributed by atoms with Crippen LogP contribution in [-0.2, 0) is 0 Å². The molecule has 2 heterocycles. The van der Waals surface area contributed by atoms with Crippen LogP contribution in [0.15, 0.2) is 48.6 Å². The first-order valence-electron chi connectivity index (χ1n) is 9.87. The second kappa shape index (κ2) is 8.56. The molecule has 1 fully saturated rings. The fraction of sp³-hybridized carbons (Fsp3) is 0.391. The summed E-state index contributed by atoms with van der Waals surface area (Å²) in [6, 6.07) is 12.9. The van der Waals surface area contributed by atoms with Crippen LogP contribution in [-0.4, -0.2) is 51.9 Å². The summed E-state index contributed by atoms with van der Waals surface area (Å²) in [5.74, 6) is 2.25. The third-order valence-electron chi connectivity index (χ3n) is 5.86. The van der Waals surface area contributed by atoms with Crippen molar-refractivity contribution in [3.63, 3.8) is 0 Å². The number of nitrogens with zero attached hydrogens (tertiary/aromatic N) is 2. The number of anilines is 1. The van der Waals surface area contributed by atoms with Crippen LogP contribution in [0, 0.1) is 0 Å². The van der Waals surface area contributed by atoms with Crippen molar-refractivity contribution in [1.82, 2.24) is 4.90 Å². The lowest BCUT2D eigenvalue weighted by Gasteiger charge is -2.47. The van der Waals surface area contributed by atoms with Crippen molar-refractivity contribution in [2.24, 2.45) is 0 Å². The van der Waals surface area contributed by atoms with E-state index in [1.165, 1.54) is 5.56 Å². The number of hydrogen-bond donors (Lipinski definition) is 0. The first kappa shape index (κ1) is 19.9. The van der Waals surface area contributed by atoms with Crippen molar-refractivity contribution in [2.45, 2.75) is 18.5 Å². The molecule has 2 aliphatic heterocycles. The molecule has 2 aromatic rings. The standard InChI is InChI=1S/C23H27ClN2O3/c1-27-21-10-7-16(13-23(21)29-3)20-6-4-5-18-15-25(11-12-26(18)20)17-8-9-19(24)22(14-17)28-2/h4,6-10,13-14,18,20H,5,11-12,15H2,1-3H3. The van der Waals surface area contributed by atoms with Crippen LogP contribution in [0.25, 0.3) is 0 Å². The molecule has 4 rings (SSSR count). The minimum Gasteiger partial charge on any atom is -0.495 e. The highest BCUT2D eigenvalue weighted by molar-refractivity contribution is 6.32. The number of rotatable bonds is 5. The molecule has 6 heteroatoms. The van der Waals surface area contributed by atoms with E-state index in [-0.39, 0.29) is 6.04 Å². The van der Waals surface area contributed by atoms with E-state index in [2.05, 4.69) is 40.2 Å². The summed E-state index contributed by atoms with van der Waals surface area (Å²) in [5, 5.41) is 0.643. The summed E-state index contributed by atoms with van der Waals surface area (Å²) in [6.07, 6.45) is 5.65. The predicted molar refractivity (Wildman–Crippen MR) is 117 cm³/mol. The van der Waals surface area contributed by atoms with E-state index < -0.39 is 0 Å². The fourth-order valence-corrected chi connectivity index (χ4v) is 4.53. The summed E-state index contributed by atoms with van der Waals surface area (Å²) in [5.41, 5.74) is 2.38. The molecule has 2 unspecified atom stereocenters. The van der Waals surface area contributed by atoms with Gasteiger partial charge in [-0.1, -0.05) is 29.8 Å². The molecule has 2 aliphatic rings. The molecule has 2 atom stereocenters. The summed E-state index contributed by atoms with van der Waals surface area (Å²) in [4.78, 5) is 5.01. The third-order valence-corrected chi connectivity index (χ3v) is 6.17. The topological polar surface area (TPSA) is 34.2 Å². The lowest BCUT2D eigenvalue weighted by atomic mass is 9.94. The molecule has 1 saturated heterocycles. The molecule has 2 aromatic carbocycles. The van der Waals surface area contributed by atoms with E-state index in [1.54, 1.807) is 21.3 Å². The first-order valence-corrected chi connectivity index (χ1v) is 10.2. The van der Waals surface area contributed by atoms with Gasteiger partial charge in [-0.2, -0.15) is 0 Å². The molecule has 0 amide bonds. The molecular weight excluding hydrogens is 388 g/mol. The van der Waals surface area contributed by atoms with Gasteiger partial charge in [0.25, 0.3) is 0 Å². The van der Waals surface area contributed by atoms with Crippen LogP contribution in [0.2, 0.25) is 5.02 Å². The normalized spacial score (nSPS) is 21.6. The Morgan fingerprint density at radius 1 is 0.897 bits per heavy atom. The highest BCUT2D eigenvalue weighted by Crippen LogP contribution is 2.38. The third kappa shape index (κ3) is 3.89. The Morgan fingerprint density at radius 2 is 1.69 bits per heavy atom. The largest absolute Gasteiger partial charge is 0.495 e. The van der Waals surface area contributed by atoms with Gasteiger partial charge in [-0.3, -0.25) is 4.90 Å². The van der Waals surface area contributed by atoms with Gasteiger partial charge in [-0.05, 0) is 36.2 Å². The highest BCUT2D eigenvalue weighted by Gasteiger charge is 2.34. The van der Waals surface area contributed by atoms with Gasteiger partial charge in [0, 0.05) is 37.4 Å². The minimum absolute atomic E-state index is 0.246. The highest BCUT2D eigenvalue weighted by atomic mass is 35.5. The number of ether oxygens (including phenoxy) is 3. The van der Waals surface area contributed by atoms with Gasteiger partial charge >= 0.3 is 0 Å². The Bertz CT molecular complexity index is 902. The van der Waals surface area contributed by atoms with Crippen LogP contribution in [0.1, 0.15) is 18.0 Å². The van der Waals surface area contributed by atoms with Crippen molar-refractivity contribution < 1.29 is 14.2 Å². The second-order valence-electron chi connectivity index (χ2n) is 7.38. The molecule has 0 aliphatic carbocycles. The van der Waals surface area contributed by atoms with Crippen molar-refractivity contribution in [2.75, 3.05) is 45.9 Å². The zero-order valence-electron chi connectivity index (χ0n) is 17.1. The zero-order valence-corrected chi connectivity index (χ0v) is 17.9. The predicted octanol–water partition coefficient (Wildman–Crippen LogP) is 4.56. The number of methoxy groups -OCH3 is 3. The van der Waals surface area contributed by atoms with Crippen molar-refractivity contribution in [3.8, 4) is 17.2 Å². The van der Waals surface area contributed by atoms with E-state index in [4.69, 9.17) is 25.8 Å². The van der Waals surface area contributed by atoms with E-state index >= 15 is 0 Å². The molecule has 154 valence electrons. The molecule has 5 nitrogen and oxygen atoms in total. The molecule has 0 saturated carbocycles. The quantitative estimate of drug-likeness (QED) is 0.670. The summed E-state index contributed by atoms with van der Waals surface area (Å²) >= 11 is 6.20. The molecule has 0 spiro atoms. The Kier molecular flexibility index (Phi) is 5.88. The number of halogens is 1. The SMILES string of the molecule is COc1cc(N2CCN3C(CC=CC3c3ccc(OC)c(OC)c3)C2)ccc1Cl. The maximum atomic E-state index is 6.20. The average Bonchev–Trinajstić information content (AvgIpc) is 2.78. The summed E-state index contributed by atoms with van der Waals surface area (Å²) in [6.45, 7) is 2.91. The van der Waals surface area contributed by atoms with Gasteiger partial charge in [0.2, 0.25) is 0 Å². The molecule has 29 heavy (non-hydrogen) atoms. The fourth-order valence-electron chi connectivity index (χ4n) is 4.34. The smallest absolute Gasteiger partial charge is 0.161 e. The number of piperazine rings is 1. The van der Waals surface area contributed by atoms with E-state index in [1.807, 2.05) is 18.2 Å². The van der Waals surface area contributed by atoms with Gasteiger partial charge in [-0.15, -0.1) is 0 Å². The lowest BCUT2D eigenvalue weighted by Crippen LogP contribution is -2.54. The molecule has 0 bridgehead atoms. The molecule has 0 aromatic heterocycles. The maximum absolute atomic E-state index is 6.20. The Balaban J connectivity index is 1.54. The molecular formula is C23H27ClN2O3. The van der Waals surface area contributed by atoms with Crippen molar-refractivity contribution in [1.29, 1.82) is 0 Å². The number of fused-ring (bicyclic) bond motifs is 1. The second-order valence-corrected chi connectivity index (χ2v) is 7.79. The van der Waals surface area contributed by atoms with Crippen molar-refractivity contribution >= 4 is 17.3 Å². The van der Waals surface area contributed by atoms with Gasteiger partial charge < -0.3 is 19.1 Å². The lowest BCUT2D eigenvalue weighted by molar-refractivity contribution is 0.134. The Morgan fingerprint density at radius 3 is 2.45 bits per heavy atom. The van der Waals surface area contributed by atoms with E-state index in [9.17, 15) is 0 Å². The maximum Gasteiger partial charge on any atom is 0.161 e. The van der Waals surface area contributed by atoms with Crippen molar-refractivity contribution in [3.05, 3.63) is 59.1 Å². The monoisotopic (exact) mass is 414 g/mol. The van der Waals surface area contributed by atoms with Gasteiger partial charge in [0.15, 0.2) is 11.5 Å². The van der Waals surface area contributed by atoms with E-state index in [0.717, 1.165) is 49.0 Å². The van der Waals surface area contributed by atoms with Crippen LogP contribution in [0.5, 0.6) is 17.2 Å². The van der Waals surface area contributed by atoms with Crippen LogP contribution in [0.3, 0.4) is 0 Å². The van der Waals surface area contributed by atoms with Crippen LogP contribution < -0.4 is 19.1 Å². The van der Waals surface area contributed by atoms with E-state index in [0.29, 0.717) is 11.1 Å².